The Morgan fingerprint density at radius 1 is 1.26 bits per heavy atom. The predicted octanol–water partition coefficient (Wildman–Crippen LogP) is 4.25. The second-order valence-corrected chi connectivity index (χ2v) is 5.26. The molecule has 1 saturated carbocycles. The number of anilines is 1. The van der Waals surface area contributed by atoms with Crippen molar-refractivity contribution in [3.63, 3.8) is 0 Å². The SMILES string of the molecule is CC1CCCC(Oc2ccc(N)c(C(F)(F)F)c2)C1. The minimum Gasteiger partial charge on any atom is -0.490 e. The highest BCUT2D eigenvalue weighted by molar-refractivity contribution is 5.52. The van der Waals surface area contributed by atoms with E-state index < -0.39 is 11.7 Å². The minimum absolute atomic E-state index is 0.00783. The van der Waals surface area contributed by atoms with Crippen LogP contribution >= 0.6 is 0 Å². The van der Waals surface area contributed by atoms with E-state index in [1.54, 1.807) is 0 Å². The summed E-state index contributed by atoms with van der Waals surface area (Å²) in [4.78, 5) is 0. The lowest BCUT2D eigenvalue weighted by Gasteiger charge is -2.27. The Bertz CT molecular complexity index is 445. The molecule has 0 spiro atoms. The van der Waals surface area contributed by atoms with Crippen molar-refractivity contribution in [3.05, 3.63) is 23.8 Å². The molecule has 0 saturated heterocycles. The second-order valence-electron chi connectivity index (χ2n) is 5.26. The van der Waals surface area contributed by atoms with Crippen molar-refractivity contribution in [1.82, 2.24) is 0 Å². The molecule has 1 aromatic rings. The van der Waals surface area contributed by atoms with Gasteiger partial charge in [-0.15, -0.1) is 0 Å². The molecule has 2 nitrogen and oxygen atoms in total. The lowest BCUT2D eigenvalue weighted by Crippen LogP contribution is -2.24. The number of halogens is 3. The third kappa shape index (κ3) is 3.55. The number of ether oxygens (including phenoxy) is 1. The number of hydrogen-bond acceptors (Lipinski definition) is 2. The van der Waals surface area contributed by atoms with Crippen molar-refractivity contribution in [3.8, 4) is 5.75 Å². The first-order chi connectivity index (χ1) is 8.86. The monoisotopic (exact) mass is 273 g/mol. The van der Waals surface area contributed by atoms with E-state index in [2.05, 4.69) is 6.92 Å². The van der Waals surface area contributed by atoms with Crippen LogP contribution in [0, 0.1) is 5.92 Å². The Labute approximate surface area is 110 Å². The van der Waals surface area contributed by atoms with Crippen molar-refractivity contribution in [1.29, 1.82) is 0 Å². The summed E-state index contributed by atoms with van der Waals surface area (Å²) in [5.74, 6) is 0.815. The summed E-state index contributed by atoms with van der Waals surface area (Å²) in [6.45, 7) is 2.14. The zero-order chi connectivity index (χ0) is 14.0. The molecular weight excluding hydrogens is 255 g/mol. The van der Waals surface area contributed by atoms with Gasteiger partial charge in [0.2, 0.25) is 0 Å². The van der Waals surface area contributed by atoms with Crippen molar-refractivity contribution >= 4 is 5.69 Å². The summed E-state index contributed by atoms with van der Waals surface area (Å²) in [6, 6.07) is 3.75. The third-order valence-electron chi connectivity index (χ3n) is 3.52. The van der Waals surface area contributed by atoms with Gasteiger partial charge in [0.05, 0.1) is 11.7 Å². The zero-order valence-corrected chi connectivity index (χ0v) is 10.8. The first kappa shape index (κ1) is 14.0. The summed E-state index contributed by atoms with van der Waals surface area (Å²) >= 11 is 0. The number of hydrogen-bond donors (Lipinski definition) is 1. The van der Waals surface area contributed by atoms with Gasteiger partial charge < -0.3 is 10.5 Å². The fourth-order valence-corrected chi connectivity index (χ4v) is 2.53. The molecule has 0 aliphatic heterocycles. The van der Waals surface area contributed by atoms with E-state index in [0.29, 0.717) is 5.92 Å². The van der Waals surface area contributed by atoms with Gasteiger partial charge in [0.1, 0.15) is 5.75 Å². The second kappa shape index (κ2) is 5.31. The normalized spacial score (nSPS) is 24.2. The standard InChI is InChI=1S/C14H18F3NO/c1-9-3-2-4-10(7-9)19-11-5-6-13(18)12(8-11)14(15,16)17/h5-6,8-10H,2-4,7,18H2,1H3. The summed E-state index contributed by atoms with van der Waals surface area (Å²) < 4.78 is 43.9. The first-order valence-corrected chi connectivity index (χ1v) is 6.49. The number of rotatable bonds is 2. The van der Waals surface area contributed by atoms with E-state index in [1.807, 2.05) is 0 Å². The number of nitrogen functional groups attached to an aromatic ring is 1. The van der Waals surface area contributed by atoms with E-state index in [0.717, 1.165) is 31.7 Å². The average Bonchev–Trinajstić information content (AvgIpc) is 2.30. The third-order valence-corrected chi connectivity index (χ3v) is 3.52. The van der Waals surface area contributed by atoms with Gasteiger partial charge in [-0.05, 0) is 43.4 Å². The number of alkyl halides is 3. The maximum Gasteiger partial charge on any atom is 0.418 e. The van der Waals surface area contributed by atoms with Crippen LogP contribution in [0.2, 0.25) is 0 Å². The molecule has 0 aromatic heterocycles. The summed E-state index contributed by atoms with van der Waals surface area (Å²) in [5.41, 5.74) is 4.26. The molecule has 0 heterocycles. The quantitative estimate of drug-likeness (QED) is 0.818. The maximum atomic E-state index is 12.7. The number of benzene rings is 1. The van der Waals surface area contributed by atoms with Crippen molar-refractivity contribution in [2.24, 2.45) is 5.92 Å². The molecule has 19 heavy (non-hydrogen) atoms. The lowest BCUT2D eigenvalue weighted by molar-refractivity contribution is -0.137. The summed E-state index contributed by atoms with van der Waals surface area (Å²) in [6.07, 6.45) is -0.415. The Hall–Kier alpha value is -1.39. The first-order valence-electron chi connectivity index (χ1n) is 6.49. The molecule has 1 aromatic carbocycles. The van der Waals surface area contributed by atoms with Crippen molar-refractivity contribution in [2.45, 2.75) is 44.9 Å². The molecule has 0 bridgehead atoms. The highest BCUT2D eigenvalue weighted by Gasteiger charge is 2.33. The van der Waals surface area contributed by atoms with E-state index >= 15 is 0 Å². The molecule has 2 rings (SSSR count). The van der Waals surface area contributed by atoms with Gasteiger partial charge in [-0.1, -0.05) is 13.3 Å². The number of nitrogens with two attached hydrogens (primary N) is 1. The summed E-state index contributed by atoms with van der Waals surface area (Å²) in [7, 11) is 0. The maximum absolute atomic E-state index is 12.7. The molecule has 1 fully saturated rings. The van der Waals surface area contributed by atoms with E-state index in [9.17, 15) is 13.2 Å². The zero-order valence-electron chi connectivity index (χ0n) is 10.8. The average molecular weight is 273 g/mol. The lowest BCUT2D eigenvalue weighted by atomic mass is 9.89. The van der Waals surface area contributed by atoms with Gasteiger partial charge in [-0.2, -0.15) is 13.2 Å². The van der Waals surface area contributed by atoms with Crippen LogP contribution in [-0.4, -0.2) is 6.10 Å². The molecular formula is C14H18F3NO. The van der Waals surface area contributed by atoms with Crippen molar-refractivity contribution in [2.75, 3.05) is 5.73 Å². The molecule has 5 heteroatoms. The Morgan fingerprint density at radius 3 is 2.63 bits per heavy atom. The smallest absolute Gasteiger partial charge is 0.418 e. The highest BCUT2D eigenvalue weighted by atomic mass is 19.4. The molecule has 2 N–H and O–H groups in total. The van der Waals surface area contributed by atoms with Gasteiger partial charge in [-0.25, -0.2) is 0 Å². The molecule has 1 aliphatic rings. The Morgan fingerprint density at radius 2 is 2.00 bits per heavy atom. The largest absolute Gasteiger partial charge is 0.490 e. The Balaban J connectivity index is 2.13. The van der Waals surface area contributed by atoms with Gasteiger partial charge in [0.15, 0.2) is 0 Å². The molecule has 0 radical (unpaired) electrons. The molecule has 2 unspecified atom stereocenters. The van der Waals surface area contributed by atoms with Crippen LogP contribution in [0.15, 0.2) is 18.2 Å². The van der Waals surface area contributed by atoms with E-state index in [4.69, 9.17) is 10.5 Å². The molecule has 2 atom stereocenters. The topological polar surface area (TPSA) is 35.2 Å². The van der Waals surface area contributed by atoms with E-state index in [1.165, 1.54) is 12.1 Å². The van der Waals surface area contributed by atoms with Gasteiger partial charge >= 0.3 is 6.18 Å². The van der Waals surface area contributed by atoms with Crippen LogP contribution < -0.4 is 10.5 Å². The minimum atomic E-state index is -4.44. The fraction of sp³-hybridized carbons (Fsp3) is 0.571. The highest BCUT2D eigenvalue weighted by Crippen LogP contribution is 2.36. The van der Waals surface area contributed by atoms with Crippen LogP contribution in [0.5, 0.6) is 5.75 Å². The summed E-state index contributed by atoms with van der Waals surface area (Å²) in [5, 5.41) is 0. The van der Waals surface area contributed by atoms with Crippen LogP contribution in [0.3, 0.4) is 0 Å². The van der Waals surface area contributed by atoms with Gasteiger partial charge in [0.25, 0.3) is 0 Å². The van der Waals surface area contributed by atoms with Crippen LogP contribution in [0.1, 0.15) is 38.2 Å². The van der Waals surface area contributed by atoms with Gasteiger partial charge in [0, 0.05) is 5.69 Å². The molecule has 106 valence electrons. The predicted molar refractivity (Wildman–Crippen MR) is 67.9 cm³/mol. The van der Waals surface area contributed by atoms with E-state index in [-0.39, 0.29) is 17.5 Å². The Kier molecular flexibility index (Phi) is 3.92. The molecule has 0 amide bonds. The van der Waals surface area contributed by atoms with Gasteiger partial charge in [-0.3, -0.25) is 0 Å². The van der Waals surface area contributed by atoms with Crippen LogP contribution in [0.25, 0.3) is 0 Å². The van der Waals surface area contributed by atoms with Crippen molar-refractivity contribution < 1.29 is 17.9 Å². The van der Waals surface area contributed by atoms with Crippen LogP contribution in [0.4, 0.5) is 18.9 Å². The van der Waals surface area contributed by atoms with Crippen LogP contribution in [-0.2, 0) is 6.18 Å². The fourth-order valence-electron chi connectivity index (χ4n) is 2.53. The molecule has 1 aliphatic carbocycles.